The molecule has 0 radical (unpaired) electrons. The van der Waals surface area contributed by atoms with Crippen LogP contribution in [-0.4, -0.2) is 39.7 Å². The van der Waals surface area contributed by atoms with Crippen molar-refractivity contribution in [3.8, 4) is 0 Å². The van der Waals surface area contributed by atoms with E-state index in [9.17, 15) is 4.91 Å². The van der Waals surface area contributed by atoms with Crippen LogP contribution in [-0.2, 0) is 0 Å². The van der Waals surface area contributed by atoms with Crippen LogP contribution in [0.4, 0.5) is 5.69 Å². The average molecular weight is 183 g/mol. The molecule has 0 aliphatic rings. The van der Waals surface area contributed by atoms with Crippen LogP contribution < -0.4 is 0 Å². The van der Waals surface area contributed by atoms with Crippen LogP contribution in [0.2, 0.25) is 5.02 Å². The van der Waals surface area contributed by atoms with E-state index >= 15 is 0 Å². The monoisotopic (exact) mass is 182 g/mol. The predicted molar refractivity (Wildman–Crippen MR) is 43.7 cm³/mol. The topological polar surface area (TPSA) is 40.3 Å². The van der Waals surface area contributed by atoms with Gasteiger partial charge in [0.25, 0.3) is 4.92 Å². The molecule has 0 amide bonds. The van der Waals surface area contributed by atoms with Crippen molar-refractivity contribution >= 4 is 46.8 Å². The molecule has 0 spiro atoms. The van der Waals surface area contributed by atoms with Crippen molar-refractivity contribution in [1.29, 1.82) is 0 Å². The van der Waals surface area contributed by atoms with E-state index in [1.54, 1.807) is 0 Å². The Morgan fingerprint density at radius 1 is 1.27 bits per heavy atom. The average Bonchev–Trinajstić information content (AvgIpc) is 1.88. The summed E-state index contributed by atoms with van der Waals surface area (Å²) in [4.78, 5) is 9.97. The molecule has 54 valence electrons. The van der Waals surface area contributed by atoms with Crippen LogP contribution in [0.5, 0.6) is 0 Å². The molecule has 1 N–H and O–H groups in total. The molecule has 0 fully saturated rings. The first-order valence-corrected chi connectivity index (χ1v) is 2.99. The Morgan fingerprint density at radius 3 is 2.09 bits per heavy atom. The molecule has 0 aliphatic heterocycles. The molecule has 11 heavy (non-hydrogen) atoms. The van der Waals surface area contributed by atoms with Crippen LogP contribution in [0.25, 0.3) is 0 Å². The van der Waals surface area contributed by atoms with Crippen molar-refractivity contribution in [2.45, 2.75) is 0 Å². The van der Waals surface area contributed by atoms with E-state index in [-0.39, 0.29) is 40.2 Å². The van der Waals surface area contributed by atoms with Crippen molar-refractivity contribution in [2.75, 3.05) is 0 Å². The third kappa shape index (κ3) is 3.20. The van der Waals surface area contributed by atoms with Gasteiger partial charge in [-0.25, -0.2) is 5.21 Å². The van der Waals surface area contributed by atoms with Gasteiger partial charge in [-0.2, -0.15) is 0 Å². The zero-order chi connectivity index (χ0) is 7.56. The summed E-state index contributed by atoms with van der Waals surface area (Å²) < 4.78 is 0. The van der Waals surface area contributed by atoms with Gasteiger partial charge in [0.2, 0.25) is 0 Å². The van der Waals surface area contributed by atoms with Gasteiger partial charge in [-0.1, -0.05) is 11.6 Å². The second-order valence-electron chi connectivity index (χ2n) is 1.75. The van der Waals surface area contributed by atoms with Crippen molar-refractivity contribution in [3.63, 3.8) is 0 Å². The SMILES string of the molecule is O=[N+](O)c1ccc(Cl)cc1.[NaH]. The third-order valence-electron chi connectivity index (χ3n) is 1.05. The molecule has 0 bridgehead atoms. The van der Waals surface area contributed by atoms with Gasteiger partial charge in [0, 0.05) is 17.2 Å². The van der Waals surface area contributed by atoms with E-state index < -0.39 is 0 Å². The summed E-state index contributed by atoms with van der Waals surface area (Å²) in [5.74, 6) is 0. The number of nitrogens with zero attached hydrogens (tertiary/aromatic N) is 1. The molecule has 1 aromatic carbocycles. The van der Waals surface area contributed by atoms with Crippen LogP contribution in [0.15, 0.2) is 24.3 Å². The second-order valence-corrected chi connectivity index (χ2v) is 2.19. The first-order valence-electron chi connectivity index (χ1n) is 2.62. The predicted octanol–water partition coefficient (Wildman–Crippen LogP) is 1.49. The van der Waals surface area contributed by atoms with E-state index in [0.29, 0.717) is 5.02 Å². The van der Waals surface area contributed by atoms with Gasteiger partial charge < -0.3 is 0 Å². The Balaban J connectivity index is 0.000001000. The molecular weight excluding hydrogens is 177 g/mol. The quantitative estimate of drug-likeness (QED) is 0.528. The maximum absolute atomic E-state index is 10.2. The van der Waals surface area contributed by atoms with Crippen LogP contribution >= 0.6 is 11.6 Å². The summed E-state index contributed by atoms with van der Waals surface area (Å²) in [7, 11) is 0. The molecule has 0 saturated carbocycles. The molecule has 0 atom stereocenters. The number of hydrogen-bond donors (Lipinski definition) is 1. The molecule has 1 rings (SSSR count). The molecule has 0 heterocycles. The standard InChI is InChI=1S/C6H5ClNO2.Na.H/c7-5-1-3-6(4-2-5)8(9)10;;/h1-4H,(H,9,10);;/q+1;;. The first kappa shape index (κ1) is 10.9. The molecule has 0 aliphatic carbocycles. The normalized spacial score (nSPS) is 8.45. The fourth-order valence-corrected chi connectivity index (χ4v) is 0.695. The summed E-state index contributed by atoms with van der Waals surface area (Å²) in [6.45, 7) is 0. The summed E-state index contributed by atoms with van der Waals surface area (Å²) in [5, 5.41) is 8.88. The van der Waals surface area contributed by atoms with Gasteiger partial charge in [-0.15, -0.1) is 0 Å². The van der Waals surface area contributed by atoms with E-state index in [1.165, 1.54) is 24.3 Å². The summed E-state index contributed by atoms with van der Waals surface area (Å²) >= 11 is 5.51. The molecule has 0 aromatic heterocycles. The fraction of sp³-hybridized carbons (Fsp3) is 0. The van der Waals surface area contributed by atoms with Gasteiger partial charge in [-0.05, 0) is 12.1 Å². The van der Waals surface area contributed by atoms with Gasteiger partial charge in [-0.3, -0.25) is 0 Å². The van der Waals surface area contributed by atoms with Gasteiger partial charge in [0.05, 0.1) is 4.91 Å². The number of halogens is 1. The van der Waals surface area contributed by atoms with Crippen LogP contribution in [0.3, 0.4) is 0 Å². The van der Waals surface area contributed by atoms with Crippen molar-refractivity contribution in [2.24, 2.45) is 0 Å². The molecule has 0 saturated heterocycles. The molecule has 3 nitrogen and oxygen atoms in total. The Kier molecular flexibility index (Phi) is 4.68. The minimum atomic E-state index is -0.212. The van der Waals surface area contributed by atoms with Crippen molar-refractivity contribution in [3.05, 3.63) is 34.2 Å². The van der Waals surface area contributed by atoms with E-state index in [2.05, 4.69) is 0 Å². The Bertz CT molecular complexity index is 249. The minimum absolute atomic E-state index is 0. The fourth-order valence-electron chi connectivity index (χ4n) is 0.569. The summed E-state index contributed by atoms with van der Waals surface area (Å²) in [5.41, 5.74) is 0.171. The molecular formula is C6H6ClNNaO2+. The van der Waals surface area contributed by atoms with Gasteiger partial charge in [0.15, 0.2) is 0 Å². The van der Waals surface area contributed by atoms with Gasteiger partial charge >= 0.3 is 35.2 Å². The summed E-state index contributed by atoms with van der Waals surface area (Å²) in [6, 6.07) is 5.90. The molecule has 0 unspecified atom stereocenters. The van der Waals surface area contributed by atoms with E-state index in [4.69, 9.17) is 16.8 Å². The van der Waals surface area contributed by atoms with Crippen LogP contribution in [0, 0.1) is 4.91 Å². The summed E-state index contributed by atoms with van der Waals surface area (Å²) in [6.07, 6.45) is 0. The zero-order valence-corrected chi connectivity index (χ0v) is 5.75. The Morgan fingerprint density at radius 2 is 1.73 bits per heavy atom. The molecule has 1 aromatic rings. The molecule has 5 heteroatoms. The van der Waals surface area contributed by atoms with Gasteiger partial charge in [0.1, 0.15) is 0 Å². The van der Waals surface area contributed by atoms with E-state index in [0.717, 1.165) is 0 Å². The van der Waals surface area contributed by atoms with Crippen molar-refractivity contribution in [1.82, 2.24) is 0 Å². The Labute approximate surface area is 90.8 Å². The second kappa shape index (κ2) is 4.72. The van der Waals surface area contributed by atoms with E-state index in [1.807, 2.05) is 0 Å². The zero-order valence-electron chi connectivity index (χ0n) is 4.99. The Hall–Kier alpha value is -0.0900. The first-order chi connectivity index (χ1) is 4.70. The number of hydrogen-bond acceptors (Lipinski definition) is 1. The number of rotatable bonds is 1. The maximum atomic E-state index is 10.2. The van der Waals surface area contributed by atoms with Crippen LogP contribution in [0.1, 0.15) is 0 Å². The number of benzene rings is 1. The third-order valence-corrected chi connectivity index (χ3v) is 1.30. The van der Waals surface area contributed by atoms with Crippen molar-refractivity contribution < 1.29 is 10.1 Å².